The summed E-state index contributed by atoms with van der Waals surface area (Å²) in [6.07, 6.45) is -0.784. The third-order valence-electron chi connectivity index (χ3n) is 6.05. The van der Waals surface area contributed by atoms with Crippen molar-refractivity contribution < 1.29 is 14.4 Å². The number of nitrogens with zero attached hydrogens (tertiary/aromatic N) is 2. The average molecular weight is 523 g/mol. The highest BCUT2D eigenvalue weighted by Gasteiger charge is 2.32. The van der Waals surface area contributed by atoms with E-state index < -0.39 is 18.0 Å². The van der Waals surface area contributed by atoms with Crippen LogP contribution in [0.1, 0.15) is 34.0 Å². The van der Waals surface area contributed by atoms with E-state index in [-0.39, 0.29) is 11.8 Å². The zero-order chi connectivity index (χ0) is 26.0. The maximum absolute atomic E-state index is 13.3. The molecule has 0 aromatic heterocycles. The highest BCUT2D eigenvalue weighted by Crippen LogP contribution is 2.28. The van der Waals surface area contributed by atoms with Gasteiger partial charge in [0, 0.05) is 39.7 Å². The largest absolute Gasteiger partial charge is 0.366 e. The molecule has 0 saturated carbocycles. The Hall–Kier alpha value is -3.68. The summed E-state index contributed by atoms with van der Waals surface area (Å²) in [4.78, 5) is 44.1. The Balaban J connectivity index is 1.66. The van der Waals surface area contributed by atoms with Crippen LogP contribution in [0, 0.1) is 5.92 Å². The molecule has 1 aliphatic rings. The van der Waals surface area contributed by atoms with Gasteiger partial charge in [-0.25, -0.2) is 4.99 Å². The first-order chi connectivity index (χ1) is 17.2. The molecule has 0 unspecified atom stereocenters. The van der Waals surface area contributed by atoms with Gasteiger partial charge < -0.3 is 16.0 Å². The summed E-state index contributed by atoms with van der Waals surface area (Å²) in [5.41, 5.74) is 9.07. The van der Waals surface area contributed by atoms with Gasteiger partial charge in [-0.05, 0) is 42.3 Å². The zero-order valence-electron chi connectivity index (χ0n) is 19.7. The minimum absolute atomic E-state index is 0.342. The van der Waals surface area contributed by atoms with Crippen LogP contribution < -0.4 is 16.0 Å². The number of anilines is 1. The Morgan fingerprint density at radius 2 is 1.78 bits per heavy atom. The predicted molar refractivity (Wildman–Crippen MR) is 142 cm³/mol. The highest BCUT2D eigenvalue weighted by molar-refractivity contribution is 6.35. The fraction of sp³-hybridized carbons (Fsp3) is 0.185. The second-order valence-electron chi connectivity index (χ2n) is 8.59. The number of fused-ring (bicyclic) bond motifs is 1. The maximum atomic E-state index is 13.3. The summed E-state index contributed by atoms with van der Waals surface area (Å²) >= 11 is 12.2. The van der Waals surface area contributed by atoms with Crippen LogP contribution in [0.3, 0.4) is 0 Å². The molecule has 4 rings (SSSR count). The number of amides is 3. The number of nitrogens with one attached hydrogen (secondary N) is 1. The standard InChI is InChI=1S/C27H24Cl2N4O3/c1-15(13-18-11-12-19(28)14-21(18)29)26(35)32-25-27(36)33(2)22-6-4-3-5-20(22)23(31-25)16-7-9-17(10-8-16)24(30)34/h3-12,14-15,25H,13H2,1-2H3,(H2,30,34)(H,32,35)/t15-,25+/m0/s1. The van der Waals surface area contributed by atoms with Gasteiger partial charge in [-0.2, -0.15) is 0 Å². The summed E-state index contributed by atoms with van der Waals surface area (Å²) in [5.74, 6) is -1.75. The highest BCUT2D eigenvalue weighted by atomic mass is 35.5. The van der Waals surface area contributed by atoms with E-state index in [1.165, 1.54) is 4.90 Å². The van der Waals surface area contributed by atoms with Crippen molar-refractivity contribution in [2.24, 2.45) is 16.6 Å². The van der Waals surface area contributed by atoms with Crippen LogP contribution in [0.5, 0.6) is 0 Å². The molecule has 0 saturated heterocycles. The molecule has 2 atom stereocenters. The van der Waals surface area contributed by atoms with Crippen molar-refractivity contribution in [3.8, 4) is 0 Å². The third-order valence-corrected chi connectivity index (χ3v) is 6.64. The van der Waals surface area contributed by atoms with Gasteiger partial charge in [-0.15, -0.1) is 0 Å². The second-order valence-corrected chi connectivity index (χ2v) is 9.43. The fourth-order valence-electron chi connectivity index (χ4n) is 4.03. The lowest BCUT2D eigenvalue weighted by Crippen LogP contribution is -2.47. The van der Waals surface area contributed by atoms with Crippen molar-refractivity contribution in [1.29, 1.82) is 0 Å². The van der Waals surface area contributed by atoms with E-state index >= 15 is 0 Å². The SMILES string of the molecule is C[C@@H](Cc1ccc(Cl)cc1Cl)C(=O)N[C@H]1N=C(c2ccc(C(N)=O)cc2)c2ccccc2N(C)C1=O. The molecule has 3 aromatic carbocycles. The number of aliphatic imine (C=N–C) groups is 1. The number of nitrogens with two attached hydrogens (primary N) is 1. The van der Waals surface area contributed by atoms with E-state index in [1.54, 1.807) is 56.4 Å². The van der Waals surface area contributed by atoms with Crippen molar-refractivity contribution in [2.45, 2.75) is 19.5 Å². The van der Waals surface area contributed by atoms with Gasteiger partial charge in [0.15, 0.2) is 0 Å². The number of carbonyl (C=O) groups is 3. The molecule has 9 heteroatoms. The van der Waals surface area contributed by atoms with Crippen LogP contribution in [-0.4, -0.2) is 36.6 Å². The lowest BCUT2D eigenvalue weighted by Gasteiger charge is -2.22. The normalized spacial score (nSPS) is 16.0. The molecule has 1 heterocycles. The third kappa shape index (κ3) is 5.27. The first kappa shape index (κ1) is 25.4. The molecule has 3 N–H and O–H groups in total. The molecule has 3 amide bonds. The smallest absolute Gasteiger partial charge is 0.272 e. The Kier molecular flexibility index (Phi) is 7.43. The molecule has 36 heavy (non-hydrogen) atoms. The molecular weight excluding hydrogens is 499 g/mol. The minimum atomic E-state index is -1.15. The van der Waals surface area contributed by atoms with Gasteiger partial charge >= 0.3 is 0 Å². The lowest BCUT2D eigenvalue weighted by atomic mass is 9.99. The lowest BCUT2D eigenvalue weighted by molar-refractivity contribution is -0.129. The van der Waals surface area contributed by atoms with Gasteiger partial charge in [-0.3, -0.25) is 14.4 Å². The fourth-order valence-corrected chi connectivity index (χ4v) is 4.51. The molecular formula is C27H24Cl2N4O3. The number of carbonyl (C=O) groups excluding carboxylic acids is 3. The first-order valence-corrected chi connectivity index (χ1v) is 12.0. The Bertz CT molecular complexity index is 1370. The number of benzene rings is 3. The molecule has 0 aliphatic carbocycles. The topological polar surface area (TPSA) is 105 Å². The summed E-state index contributed by atoms with van der Waals surface area (Å²) in [5, 5.41) is 3.78. The monoisotopic (exact) mass is 522 g/mol. The molecule has 0 bridgehead atoms. The van der Waals surface area contributed by atoms with Gasteiger partial charge in [-0.1, -0.05) is 66.5 Å². The Morgan fingerprint density at radius 1 is 1.08 bits per heavy atom. The number of halogens is 2. The van der Waals surface area contributed by atoms with E-state index in [1.807, 2.05) is 24.3 Å². The van der Waals surface area contributed by atoms with Crippen LogP contribution >= 0.6 is 23.2 Å². The number of benzodiazepines with no additional fused rings is 1. The van der Waals surface area contributed by atoms with Crippen LogP contribution in [0.4, 0.5) is 5.69 Å². The molecule has 1 aliphatic heterocycles. The van der Waals surface area contributed by atoms with Gasteiger partial charge in [0.25, 0.3) is 5.91 Å². The summed E-state index contributed by atoms with van der Waals surface area (Å²) in [7, 11) is 1.64. The minimum Gasteiger partial charge on any atom is -0.366 e. The molecule has 184 valence electrons. The van der Waals surface area contributed by atoms with E-state index in [4.69, 9.17) is 28.9 Å². The van der Waals surface area contributed by atoms with E-state index in [0.717, 1.165) is 11.1 Å². The van der Waals surface area contributed by atoms with Crippen molar-refractivity contribution in [3.63, 3.8) is 0 Å². The summed E-state index contributed by atoms with van der Waals surface area (Å²) < 4.78 is 0. The van der Waals surface area contributed by atoms with Crippen molar-refractivity contribution in [2.75, 3.05) is 11.9 Å². The Labute approximate surface area is 218 Å². The number of primary amides is 1. The van der Waals surface area contributed by atoms with Crippen LogP contribution in [0.25, 0.3) is 0 Å². The van der Waals surface area contributed by atoms with Crippen LogP contribution in [-0.2, 0) is 16.0 Å². The summed E-state index contributed by atoms with van der Waals surface area (Å²) in [6, 6.07) is 19.1. The van der Waals surface area contributed by atoms with Gasteiger partial charge in [0.2, 0.25) is 18.0 Å². The molecule has 3 aromatic rings. The maximum Gasteiger partial charge on any atom is 0.272 e. The first-order valence-electron chi connectivity index (χ1n) is 11.2. The number of para-hydroxylation sites is 1. The van der Waals surface area contributed by atoms with E-state index in [9.17, 15) is 14.4 Å². The number of rotatable bonds is 6. The second kappa shape index (κ2) is 10.5. The Morgan fingerprint density at radius 3 is 2.44 bits per heavy atom. The predicted octanol–water partition coefficient (Wildman–Crippen LogP) is 4.23. The molecule has 0 radical (unpaired) electrons. The van der Waals surface area contributed by atoms with Crippen molar-refractivity contribution in [3.05, 3.63) is 99.0 Å². The molecule has 0 spiro atoms. The van der Waals surface area contributed by atoms with Crippen molar-refractivity contribution >= 4 is 52.3 Å². The number of likely N-dealkylation sites (N-methyl/N-ethyl adjacent to an activating group) is 1. The van der Waals surface area contributed by atoms with E-state index in [0.29, 0.717) is 39.0 Å². The number of hydrogen-bond acceptors (Lipinski definition) is 4. The van der Waals surface area contributed by atoms with Gasteiger partial charge in [0.05, 0.1) is 11.4 Å². The average Bonchev–Trinajstić information content (AvgIpc) is 2.96. The summed E-state index contributed by atoms with van der Waals surface area (Å²) in [6.45, 7) is 1.76. The van der Waals surface area contributed by atoms with Gasteiger partial charge in [0.1, 0.15) is 0 Å². The van der Waals surface area contributed by atoms with E-state index in [2.05, 4.69) is 10.3 Å². The van der Waals surface area contributed by atoms with Crippen LogP contribution in [0.2, 0.25) is 10.0 Å². The van der Waals surface area contributed by atoms with Crippen LogP contribution in [0.15, 0.2) is 71.7 Å². The molecule has 7 nitrogen and oxygen atoms in total. The molecule has 0 fully saturated rings. The quantitative estimate of drug-likeness (QED) is 0.505. The zero-order valence-corrected chi connectivity index (χ0v) is 21.2. The van der Waals surface area contributed by atoms with Crippen molar-refractivity contribution in [1.82, 2.24) is 5.32 Å². The number of hydrogen-bond donors (Lipinski definition) is 2.